The molecule has 0 bridgehead atoms. The first-order chi connectivity index (χ1) is 12.7. The van der Waals surface area contributed by atoms with Gasteiger partial charge in [0.2, 0.25) is 5.88 Å². The van der Waals surface area contributed by atoms with Gasteiger partial charge < -0.3 is 4.74 Å². The van der Waals surface area contributed by atoms with E-state index in [1.165, 1.54) is 12.8 Å². The lowest BCUT2D eigenvalue weighted by atomic mass is 10.2. The van der Waals surface area contributed by atoms with E-state index < -0.39 is 0 Å². The first-order valence-corrected chi connectivity index (χ1v) is 9.72. The maximum absolute atomic E-state index is 6.19. The molecule has 0 radical (unpaired) electrons. The van der Waals surface area contributed by atoms with Crippen LogP contribution < -0.4 is 4.74 Å². The van der Waals surface area contributed by atoms with E-state index in [1.54, 1.807) is 0 Å². The summed E-state index contributed by atoms with van der Waals surface area (Å²) in [6, 6.07) is 13.6. The van der Waals surface area contributed by atoms with Gasteiger partial charge in [-0.05, 0) is 61.2 Å². The Bertz CT molecular complexity index is 1120. The van der Waals surface area contributed by atoms with Crippen LogP contribution in [0.1, 0.15) is 12.8 Å². The topological polar surface area (TPSA) is 39.9 Å². The van der Waals surface area contributed by atoms with Crippen molar-refractivity contribution in [1.82, 2.24) is 14.8 Å². The Labute approximate surface area is 163 Å². The largest absolute Gasteiger partial charge is 0.477 e. The fraction of sp³-hybridized carbons (Fsp3) is 0.200. The molecule has 1 saturated carbocycles. The van der Waals surface area contributed by atoms with Crippen molar-refractivity contribution in [1.29, 1.82) is 0 Å². The second kappa shape index (κ2) is 6.25. The molecule has 26 heavy (non-hydrogen) atoms. The summed E-state index contributed by atoms with van der Waals surface area (Å²) in [7, 11) is 0. The summed E-state index contributed by atoms with van der Waals surface area (Å²) >= 11 is 9.59. The summed E-state index contributed by atoms with van der Waals surface area (Å²) in [4.78, 5) is 4.60. The fourth-order valence-electron chi connectivity index (χ4n) is 3.05. The molecule has 0 saturated heterocycles. The highest BCUT2D eigenvalue weighted by atomic mass is 79.9. The highest BCUT2D eigenvalue weighted by Crippen LogP contribution is 2.36. The summed E-state index contributed by atoms with van der Waals surface area (Å²) in [5.41, 5.74) is 2.71. The number of rotatable bonds is 4. The predicted octanol–water partition coefficient (Wildman–Crippen LogP) is 5.78. The Morgan fingerprint density at radius 1 is 1.12 bits per heavy atom. The van der Waals surface area contributed by atoms with Gasteiger partial charge in [-0.15, -0.1) is 0 Å². The number of hydrogen-bond donors (Lipinski definition) is 0. The van der Waals surface area contributed by atoms with Gasteiger partial charge in [-0.1, -0.05) is 27.5 Å². The molecule has 0 aliphatic heterocycles. The smallest absolute Gasteiger partial charge is 0.226 e. The van der Waals surface area contributed by atoms with Gasteiger partial charge in [-0.25, -0.2) is 0 Å². The molecular formula is C20H15BrClN3O. The van der Waals surface area contributed by atoms with Crippen molar-refractivity contribution < 1.29 is 4.74 Å². The maximum atomic E-state index is 6.19. The lowest BCUT2D eigenvalue weighted by molar-refractivity contribution is 0.283. The number of ether oxygens (including phenoxy) is 1. The Kier molecular flexibility index (Phi) is 3.87. The molecule has 2 heterocycles. The average molecular weight is 429 g/mol. The Morgan fingerprint density at radius 3 is 2.69 bits per heavy atom. The van der Waals surface area contributed by atoms with Crippen LogP contribution >= 0.6 is 27.5 Å². The second-order valence-corrected chi connectivity index (χ2v) is 7.98. The van der Waals surface area contributed by atoms with Gasteiger partial charge in [-0.2, -0.15) is 9.78 Å². The van der Waals surface area contributed by atoms with Crippen LogP contribution in [0, 0.1) is 5.92 Å². The number of aromatic nitrogens is 3. The number of nitrogens with zero attached hydrogens (tertiary/aromatic N) is 3. The zero-order valence-electron chi connectivity index (χ0n) is 13.8. The minimum absolute atomic E-state index is 0.654. The lowest BCUT2D eigenvalue weighted by Gasteiger charge is -2.09. The van der Waals surface area contributed by atoms with Gasteiger partial charge in [0.15, 0.2) is 0 Å². The Hall–Kier alpha value is -2.11. The van der Waals surface area contributed by atoms with E-state index >= 15 is 0 Å². The van der Waals surface area contributed by atoms with Crippen molar-refractivity contribution in [2.75, 3.05) is 6.61 Å². The standard InChI is InChI=1S/C20H15BrClN3O/c21-13-3-8-18-16(9-13)19-17(10-23-18)20(26-11-12-1-2-12)25(24-19)15-6-4-14(22)5-7-15/h3-10,12H,1-2,11H2. The molecule has 5 rings (SSSR count). The van der Waals surface area contributed by atoms with Gasteiger partial charge in [0.1, 0.15) is 5.52 Å². The minimum Gasteiger partial charge on any atom is -0.477 e. The minimum atomic E-state index is 0.654. The molecule has 130 valence electrons. The lowest BCUT2D eigenvalue weighted by Crippen LogP contribution is -2.05. The van der Waals surface area contributed by atoms with E-state index in [1.807, 2.05) is 47.3 Å². The molecule has 2 aromatic heterocycles. The van der Waals surface area contributed by atoms with Crippen molar-refractivity contribution in [2.24, 2.45) is 5.92 Å². The zero-order valence-corrected chi connectivity index (χ0v) is 16.2. The SMILES string of the molecule is Clc1ccc(-n2nc3c(cnc4ccc(Br)cc43)c2OCC2CC2)cc1. The van der Waals surface area contributed by atoms with Crippen molar-refractivity contribution in [3.05, 3.63) is 58.2 Å². The molecule has 0 unspecified atom stereocenters. The van der Waals surface area contributed by atoms with Gasteiger partial charge >= 0.3 is 0 Å². The van der Waals surface area contributed by atoms with Crippen LogP contribution in [-0.2, 0) is 0 Å². The van der Waals surface area contributed by atoms with E-state index in [2.05, 4.69) is 27.0 Å². The molecule has 0 atom stereocenters. The third kappa shape index (κ3) is 2.85. The van der Waals surface area contributed by atoms with Gasteiger partial charge in [-0.3, -0.25) is 4.98 Å². The third-order valence-electron chi connectivity index (χ3n) is 4.65. The zero-order chi connectivity index (χ0) is 17.7. The predicted molar refractivity (Wildman–Crippen MR) is 107 cm³/mol. The normalized spacial score (nSPS) is 14.2. The third-order valence-corrected chi connectivity index (χ3v) is 5.39. The summed E-state index contributed by atoms with van der Waals surface area (Å²) in [6.07, 6.45) is 4.33. The molecule has 4 aromatic rings. The molecule has 4 nitrogen and oxygen atoms in total. The Balaban J connectivity index is 1.75. The quantitative estimate of drug-likeness (QED) is 0.414. The first kappa shape index (κ1) is 16.1. The molecule has 0 amide bonds. The van der Waals surface area contributed by atoms with Gasteiger partial charge in [0, 0.05) is 21.1 Å². The van der Waals surface area contributed by atoms with Crippen LogP contribution in [0.3, 0.4) is 0 Å². The van der Waals surface area contributed by atoms with Crippen LogP contribution in [0.2, 0.25) is 5.02 Å². The van der Waals surface area contributed by atoms with Crippen LogP contribution in [0.15, 0.2) is 53.1 Å². The van der Waals surface area contributed by atoms with Gasteiger partial charge in [0.05, 0.1) is 23.2 Å². The van der Waals surface area contributed by atoms with E-state index in [9.17, 15) is 0 Å². The van der Waals surface area contributed by atoms with Gasteiger partial charge in [0.25, 0.3) is 0 Å². The molecule has 1 aliphatic rings. The highest BCUT2D eigenvalue weighted by molar-refractivity contribution is 9.10. The van der Waals surface area contributed by atoms with Crippen molar-refractivity contribution in [3.63, 3.8) is 0 Å². The number of fused-ring (bicyclic) bond motifs is 3. The average Bonchev–Trinajstić information content (AvgIpc) is 3.40. The van der Waals surface area contributed by atoms with Crippen LogP contribution in [0.25, 0.3) is 27.5 Å². The van der Waals surface area contributed by atoms with Crippen LogP contribution in [-0.4, -0.2) is 21.4 Å². The Morgan fingerprint density at radius 2 is 1.92 bits per heavy atom. The highest BCUT2D eigenvalue weighted by Gasteiger charge is 2.24. The van der Waals surface area contributed by atoms with Crippen molar-refractivity contribution in [2.45, 2.75) is 12.8 Å². The van der Waals surface area contributed by atoms with E-state index in [0.29, 0.717) is 17.5 Å². The molecule has 1 aliphatic carbocycles. The first-order valence-electron chi connectivity index (χ1n) is 8.55. The molecule has 6 heteroatoms. The summed E-state index contributed by atoms with van der Waals surface area (Å²) in [5, 5.41) is 7.49. The molecular weight excluding hydrogens is 414 g/mol. The fourth-order valence-corrected chi connectivity index (χ4v) is 3.54. The summed E-state index contributed by atoms with van der Waals surface area (Å²) < 4.78 is 9.05. The number of halogens is 2. The number of hydrogen-bond acceptors (Lipinski definition) is 3. The maximum Gasteiger partial charge on any atom is 0.226 e. The summed E-state index contributed by atoms with van der Waals surface area (Å²) in [6.45, 7) is 0.713. The second-order valence-electron chi connectivity index (χ2n) is 6.63. The number of pyridine rings is 1. The van der Waals surface area contributed by atoms with E-state index in [4.69, 9.17) is 21.4 Å². The monoisotopic (exact) mass is 427 g/mol. The molecule has 0 spiro atoms. The number of benzene rings is 2. The van der Waals surface area contributed by atoms with Crippen molar-refractivity contribution >= 4 is 49.3 Å². The molecule has 2 aromatic carbocycles. The van der Waals surface area contributed by atoms with E-state index in [-0.39, 0.29) is 0 Å². The van der Waals surface area contributed by atoms with Crippen molar-refractivity contribution in [3.8, 4) is 11.6 Å². The van der Waals surface area contributed by atoms with Crippen LogP contribution in [0.4, 0.5) is 0 Å². The van der Waals surface area contributed by atoms with Crippen LogP contribution in [0.5, 0.6) is 5.88 Å². The molecule has 0 N–H and O–H groups in total. The van der Waals surface area contributed by atoms with E-state index in [0.717, 1.165) is 37.8 Å². The molecule has 1 fully saturated rings. The summed E-state index contributed by atoms with van der Waals surface area (Å²) in [5.74, 6) is 1.39.